The summed E-state index contributed by atoms with van der Waals surface area (Å²) in [5, 5.41) is 2.28. The summed E-state index contributed by atoms with van der Waals surface area (Å²) in [4.78, 5) is 4.39. The summed E-state index contributed by atoms with van der Waals surface area (Å²) in [7, 11) is 0. The average Bonchev–Trinajstić information content (AvgIpc) is 3.18. The molecule has 3 aromatic rings. The lowest BCUT2D eigenvalue weighted by atomic mass is 9.99. The van der Waals surface area contributed by atoms with E-state index in [9.17, 15) is 0 Å². The van der Waals surface area contributed by atoms with E-state index in [4.69, 9.17) is 0 Å². The van der Waals surface area contributed by atoms with Crippen LogP contribution in [0.3, 0.4) is 0 Å². The van der Waals surface area contributed by atoms with Gasteiger partial charge in [-0.1, -0.05) is 61.2 Å². The lowest BCUT2D eigenvalue weighted by Crippen LogP contribution is -2.31. The summed E-state index contributed by atoms with van der Waals surface area (Å²) in [5.74, 6) is 0. The van der Waals surface area contributed by atoms with Gasteiger partial charge in [-0.2, -0.15) is 0 Å². The molecule has 0 amide bonds. The van der Waals surface area contributed by atoms with E-state index in [1.807, 2.05) is 12.3 Å². The average molecular weight is 341 g/mol. The van der Waals surface area contributed by atoms with Gasteiger partial charge in [0.2, 0.25) is 0 Å². The van der Waals surface area contributed by atoms with Crippen LogP contribution in [0, 0.1) is 0 Å². The van der Waals surface area contributed by atoms with Crippen LogP contribution < -0.4 is 5.43 Å². The van der Waals surface area contributed by atoms with Crippen LogP contribution in [-0.2, 0) is 6.54 Å². The number of nitrogens with one attached hydrogen (secondary N) is 1. The molecule has 2 heterocycles. The van der Waals surface area contributed by atoms with Gasteiger partial charge in [0.15, 0.2) is 0 Å². The summed E-state index contributed by atoms with van der Waals surface area (Å²) < 4.78 is 0. The quantitative estimate of drug-likeness (QED) is 0.719. The fourth-order valence-corrected chi connectivity index (χ4v) is 3.44. The second-order valence-electron chi connectivity index (χ2n) is 6.68. The summed E-state index contributed by atoms with van der Waals surface area (Å²) in [6, 6.07) is 23.9. The third-order valence-electron chi connectivity index (χ3n) is 4.85. The molecule has 4 rings (SSSR count). The molecular weight excluding hydrogens is 318 g/mol. The molecule has 3 nitrogen and oxygen atoms in total. The van der Waals surface area contributed by atoms with Crippen molar-refractivity contribution >= 4 is 6.08 Å². The van der Waals surface area contributed by atoms with Crippen molar-refractivity contribution < 1.29 is 0 Å². The van der Waals surface area contributed by atoms with E-state index in [2.05, 4.69) is 82.7 Å². The number of nitrogens with zero attached hydrogens (tertiary/aromatic N) is 2. The van der Waals surface area contributed by atoms with Gasteiger partial charge in [-0.05, 0) is 46.9 Å². The van der Waals surface area contributed by atoms with Gasteiger partial charge in [-0.3, -0.25) is 4.98 Å². The molecule has 1 aliphatic heterocycles. The van der Waals surface area contributed by atoms with Gasteiger partial charge in [0.05, 0.1) is 5.69 Å². The molecule has 1 atom stereocenters. The first-order valence-electron chi connectivity index (χ1n) is 9.06. The first-order chi connectivity index (χ1) is 12.8. The molecule has 26 heavy (non-hydrogen) atoms. The number of rotatable bonds is 5. The fraction of sp³-hybridized carbons (Fsp3) is 0.174. The molecule has 0 radical (unpaired) electrons. The maximum absolute atomic E-state index is 4.39. The Balaban J connectivity index is 1.44. The van der Waals surface area contributed by atoms with Gasteiger partial charge in [0, 0.05) is 25.3 Å². The number of hydrogen-bond acceptors (Lipinski definition) is 3. The largest absolute Gasteiger partial charge is 0.257 e. The maximum Gasteiger partial charge on any atom is 0.0623 e. The van der Waals surface area contributed by atoms with Crippen molar-refractivity contribution in [2.24, 2.45) is 0 Å². The van der Waals surface area contributed by atoms with E-state index in [0.717, 1.165) is 25.2 Å². The van der Waals surface area contributed by atoms with E-state index in [0.29, 0.717) is 6.04 Å². The normalized spacial score (nSPS) is 17.3. The molecule has 1 aromatic heterocycles. The van der Waals surface area contributed by atoms with Crippen molar-refractivity contribution in [3.8, 4) is 11.1 Å². The third kappa shape index (κ3) is 3.74. The Morgan fingerprint density at radius 2 is 1.88 bits per heavy atom. The molecule has 1 N–H and O–H groups in total. The first kappa shape index (κ1) is 16.7. The monoisotopic (exact) mass is 341 g/mol. The van der Waals surface area contributed by atoms with Crippen LogP contribution in [0.25, 0.3) is 17.2 Å². The highest BCUT2D eigenvalue weighted by Gasteiger charge is 2.23. The van der Waals surface area contributed by atoms with Crippen molar-refractivity contribution in [2.45, 2.75) is 19.0 Å². The van der Waals surface area contributed by atoms with Crippen LogP contribution >= 0.6 is 0 Å². The standard InChI is InChI=1S/C23H23N3/c1-2-22-12-11-18(16-24-22)17-26-14-13-23(25-26)21-10-6-9-20(15-21)19-7-4-3-5-8-19/h2-12,15-16,23,25H,1,13-14,17H2. The molecule has 130 valence electrons. The van der Waals surface area contributed by atoms with Gasteiger partial charge >= 0.3 is 0 Å². The van der Waals surface area contributed by atoms with Crippen molar-refractivity contribution in [3.05, 3.63) is 96.3 Å². The van der Waals surface area contributed by atoms with E-state index in [1.54, 1.807) is 6.08 Å². The predicted molar refractivity (Wildman–Crippen MR) is 107 cm³/mol. The highest BCUT2D eigenvalue weighted by atomic mass is 15.5. The van der Waals surface area contributed by atoms with Gasteiger partial charge in [0.1, 0.15) is 0 Å². The van der Waals surface area contributed by atoms with E-state index >= 15 is 0 Å². The van der Waals surface area contributed by atoms with Crippen LogP contribution in [0.2, 0.25) is 0 Å². The minimum atomic E-state index is 0.360. The predicted octanol–water partition coefficient (Wildman–Crippen LogP) is 4.84. The fourth-order valence-electron chi connectivity index (χ4n) is 3.44. The number of hydrogen-bond donors (Lipinski definition) is 1. The maximum atomic E-state index is 4.39. The second-order valence-corrected chi connectivity index (χ2v) is 6.68. The lowest BCUT2D eigenvalue weighted by Gasteiger charge is -2.18. The number of benzene rings is 2. The molecule has 1 fully saturated rings. The second kappa shape index (κ2) is 7.65. The van der Waals surface area contributed by atoms with Crippen molar-refractivity contribution in [1.29, 1.82) is 0 Å². The lowest BCUT2D eigenvalue weighted by molar-refractivity contribution is 0.227. The highest BCUT2D eigenvalue weighted by molar-refractivity contribution is 5.64. The summed E-state index contributed by atoms with van der Waals surface area (Å²) in [5.41, 5.74) is 9.65. The third-order valence-corrected chi connectivity index (χ3v) is 4.85. The summed E-state index contributed by atoms with van der Waals surface area (Å²) in [6.45, 7) is 5.64. The zero-order valence-electron chi connectivity index (χ0n) is 14.8. The van der Waals surface area contributed by atoms with Crippen LogP contribution in [0.15, 0.2) is 79.5 Å². The minimum Gasteiger partial charge on any atom is -0.257 e. The van der Waals surface area contributed by atoms with E-state index < -0.39 is 0 Å². The van der Waals surface area contributed by atoms with Gasteiger partial charge in [0.25, 0.3) is 0 Å². The minimum absolute atomic E-state index is 0.360. The molecule has 1 unspecified atom stereocenters. The van der Waals surface area contributed by atoms with Gasteiger partial charge < -0.3 is 0 Å². The molecule has 2 aromatic carbocycles. The Kier molecular flexibility index (Phi) is 4.91. The molecule has 1 aliphatic rings. The number of aromatic nitrogens is 1. The molecule has 0 aliphatic carbocycles. The van der Waals surface area contributed by atoms with Crippen LogP contribution in [0.4, 0.5) is 0 Å². The van der Waals surface area contributed by atoms with Crippen molar-refractivity contribution in [2.75, 3.05) is 6.54 Å². The van der Waals surface area contributed by atoms with Crippen molar-refractivity contribution in [1.82, 2.24) is 15.4 Å². The Hall–Kier alpha value is -2.75. The number of pyridine rings is 1. The smallest absolute Gasteiger partial charge is 0.0623 e. The van der Waals surface area contributed by atoms with Gasteiger partial charge in [-0.15, -0.1) is 0 Å². The number of hydrazine groups is 1. The molecule has 0 spiro atoms. The first-order valence-corrected chi connectivity index (χ1v) is 9.06. The van der Waals surface area contributed by atoms with E-state index in [-0.39, 0.29) is 0 Å². The SMILES string of the molecule is C=Cc1ccc(CN2CCC(c3cccc(-c4ccccc4)c3)N2)cn1. The molecule has 1 saturated heterocycles. The summed E-state index contributed by atoms with van der Waals surface area (Å²) >= 11 is 0. The topological polar surface area (TPSA) is 28.2 Å². The zero-order chi connectivity index (χ0) is 17.8. The molecular formula is C23H23N3. The molecule has 0 bridgehead atoms. The van der Waals surface area contributed by atoms with E-state index in [1.165, 1.54) is 22.3 Å². The zero-order valence-corrected chi connectivity index (χ0v) is 14.8. The van der Waals surface area contributed by atoms with Crippen LogP contribution in [-0.4, -0.2) is 16.5 Å². The van der Waals surface area contributed by atoms with Crippen LogP contribution in [0.5, 0.6) is 0 Å². The Morgan fingerprint density at radius 1 is 1.04 bits per heavy atom. The Bertz CT molecular complexity index is 871. The Morgan fingerprint density at radius 3 is 2.65 bits per heavy atom. The summed E-state index contributed by atoms with van der Waals surface area (Å²) in [6.07, 6.45) is 4.81. The van der Waals surface area contributed by atoms with Gasteiger partial charge in [-0.25, -0.2) is 10.4 Å². The molecule has 0 saturated carbocycles. The van der Waals surface area contributed by atoms with Crippen LogP contribution in [0.1, 0.15) is 29.3 Å². The van der Waals surface area contributed by atoms with Crippen molar-refractivity contribution in [3.63, 3.8) is 0 Å². The highest BCUT2D eigenvalue weighted by Crippen LogP contribution is 2.28. The molecule has 3 heteroatoms. The Labute approximate surface area is 155 Å².